The van der Waals surface area contributed by atoms with Gasteiger partial charge in [0, 0.05) is 20.2 Å². The third kappa shape index (κ3) is 2.87. The molecule has 5 heteroatoms. The van der Waals surface area contributed by atoms with Crippen molar-refractivity contribution >= 4 is 23.0 Å². The molecule has 1 aromatic carbocycles. The number of nitrogens with two attached hydrogens (primary N) is 1. The molecule has 18 heavy (non-hydrogen) atoms. The first-order valence-electron chi connectivity index (χ1n) is 6.16. The maximum Gasteiger partial charge on any atom is 0.167 e. The third-order valence-corrected chi connectivity index (χ3v) is 3.53. The summed E-state index contributed by atoms with van der Waals surface area (Å²) in [6.45, 7) is 1.41. The van der Waals surface area contributed by atoms with Gasteiger partial charge in [0.2, 0.25) is 0 Å². The zero-order chi connectivity index (χ0) is 13.1. The molecular formula is C13H18ClFN2O. The highest BCUT2D eigenvalue weighted by atomic mass is 35.5. The van der Waals surface area contributed by atoms with Crippen molar-refractivity contribution in [1.82, 2.24) is 0 Å². The fraction of sp³-hybridized carbons (Fsp3) is 0.538. The Morgan fingerprint density at radius 3 is 2.94 bits per heavy atom. The first-order valence-corrected chi connectivity index (χ1v) is 6.53. The van der Waals surface area contributed by atoms with Crippen molar-refractivity contribution in [3.8, 4) is 0 Å². The molecular weight excluding hydrogens is 255 g/mol. The van der Waals surface area contributed by atoms with E-state index in [9.17, 15) is 4.39 Å². The Balaban J connectivity index is 2.12. The van der Waals surface area contributed by atoms with Gasteiger partial charge in [0.1, 0.15) is 0 Å². The molecule has 1 aliphatic rings. The lowest BCUT2D eigenvalue weighted by Crippen LogP contribution is -2.34. The van der Waals surface area contributed by atoms with Gasteiger partial charge in [-0.05, 0) is 31.4 Å². The van der Waals surface area contributed by atoms with Crippen LogP contribution in [0.2, 0.25) is 5.02 Å². The first kappa shape index (κ1) is 13.4. The van der Waals surface area contributed by atoms with Crippen LogP contribution in [0, 0.1) is 5.82 Å². The molecule has 2 N–H and O–H groups in total. The van der Waals surface area contributed by atoms with E-state index in [0.717, 1.165) is 25.9 Å². The van der Waals surface area contributed by atoms with Gasteiger partial charge in [-0.1, -0.05) is 11.6 Å². The van der Waals surface area contributed by atoms with E-state index in [1.807, 2.05) is 7.05 Å². The standard InChI is InChI=1S/C13H18ClFN2O/c1-17(8-9-4-2-3-7-18-9)13-11(16)6-5-10(14)12(13)15/h5-6,9H,2-4,7-8,16H2,1H3. The van der Waals surface area contributed by atoms with Gasteiger partial charge in [0.15, 0.2) is 5.82 Å². The lowest BCUT2D eigenvalue weighted by molar-refractivity contribution is 0.0216. The van der Waals surface area contributed by atoms with Crippen molar-refractivity contribution in [3.63, 3.8) is 0 Å². The van der Waals surface area contributed by atoms with Crippen LogP contribution in [0.15, 0.2) is 12.1 Å². The van der Waals surface area contributed by atoms with Gasteiger partial charge in [-0.15, -0.1) is 0 Å². The minimum atomic E-state index is -0.463. The third-order valence-electron chi connectivity index (χ3n) is 3.23. The molecule has 0 bridgehead atoms. The van der Waals surface area contributed by atoms with Gasteiger partial charge in [-0.25, -0.2) is 4.39 Å². The van der Waals surface area contributed by atoms with Gasteiger partial charge < -0.3 is 15.4 Å². The van der Waals surface area contributed by atoms with Crippen molar-refractivity contribution < 1.29 is 9.13 Å². The zero-order valence-corrected chi connectivity index (χ0v) is 11.2. The van der Waals surface area contributed by atoms with Gasteiger partial charge in [-0.2, -0.15) is 0 Å². The van der Waals surface area contributed by atoms with Gasteiger partial charge >= 0.3 is 0 Å². The fourth-order valence-corrected chi connectivity index (χ4v) is 2.44. The molecule has 2 rings (SSSR count). The lowest BCUT2D eigenvalue weighted by Gasteiger charge is -2.29. The van der Waals surface area contributed by atoms with E-state index in [-0.39, 0.29) is 11.1 Å². The fourth-order valence-electron chi connectivity index (χ4n) is 2.29. The van der Waals surface area contributed by atoms with Gasteiger partial charge in [0.05, 0.1) is 22.5 Å². The van der Waals surface area contributed by atoms with Crippen LogP contribution in [-0.4, -0.2) is 26.3 Å². The Morgan fingerprint density at radius 1 is 1.50 bits per heavy atom. The number of nitrogens with zero attached hydrogens (tertiary/aromatic N) is 1. The summed E-state index contributed by atoms with van der Waals surface area (Å²) in [6, 6.07) is 3.10. The molecule has 1 aliphatic heterocycles. The lowest BCUT2D eigenvalue weighted by atomic mass is 10.1. The van der Waals surface area contributed by atoms with Crippen LogP contribution in [0.1, 0.15) is 19.3 Å². The number of nitrogen functional groups attached to an aromatic ring is 1. The molecule has 0 saturated carbocycles. The van der Waals surface area contributed by atoms with E-state index in [1.165, 1.54) is 6.07 Å². The Bertz CT molecular complexity index is 422. The van der Waals surface area contributed by atoms with E-state index in [4.69, 9.17) is 22.1 Å². The van der Waals surface area contributed by atoms with E-state index >= 15 is 0 Å². The highest BCUT2D eigenvalue weighted by Gasteiger charge is 2.20. The normalized spacial score (nSPS) is 19.8. The molecule has 1 saturated heterocycles. The van der Waals surface area contributed by atoms with E-state index in [2.05, 4.69) is 0 Å². The molecule has 1 atom stereocenters. The quantitative estimate of drug-likeness (QED) is 0.860. The number of benzene rings is 1. The molecule has 1 heterocycles. The first-order chi connectivity index (χ1) is 8.59. The average molecular weight is 273 g/mol. The topological polar surface area (TPSA) is 38.5 Å². The number of ether oxygens (including phenoxy) is 1. The summed E-state index contributed by atoms with van der Waals surface area (Å²) in [5.41, 5.74) is 6.57. The molecule has 0 spiro atoms. The molecule has 3 nitrogen and oxygen atoms in total. The summed E-state index contributed by atoms with van der Waals surface area (Å²) in [5, 5.41) is 0.0932. The molecule has 0 amide bonds. The monoisotopic (exact) mass is 272 g/mol. The minimum Gasteiger partial charge on any atom is -0.397 e. The summed E-state index contributed by atoms with van der Waals surface area (Å²) >= 11 is 5.78. The van der Waals surface area contributed by atoms with Crippen LogP contribution in [0.5, 0.6) is 0 Å². The molecule has 1 aromatic rings. The van der Waals surface area contributed by atoms with Gasteiger partial charge in [-0.3, -0.25) is 0 Å². The van der Waals surface area contributed by atoms with Crippen molar-refractivity contribution in [2.45, 2.75) is 25.4 Å². The van der Waals surface area contributed by atoms with Crippen LogP contribution < -0.4 is 10.6 Å². The summed E-state index contributed by atoms with van der Waals surface area (Å²) < 4.78 is 19.6. The Hall–Kier alpha value is -1.000. The zero-order valence-electron chi connectivity index (χ0n) is 10.5. The largest absolute Gasteiger partial charge is 0.397 e. The number of anilines is 2. The predicted octanol–water partition coefficient (Wildman–Crippen LogP) is 3.07. The molecule has 0 aromatic heterocycles. The average Bonchev–Trinajstić information content (AvgIpc) is 2.36. The Labute approximate surface area is 112 Å². The van der Waals surface area contributed by atoms with Crippen LogP contribution in [-0.2, 0) is 4.74 Å². The number of rotatable bonds is 3. The minimum absolute atomic E-state index is 0.0932. The van der Waals surface area contributed by atoms with E-state index in [0.29, 0.717) is 17.9 Å². The second kappa shape index (κ2) is 5.76. The molecule has 1 unspecified atom stereocenters. The summed E-state index contributed by atoms with van der Waals surface area (Å²) in [6.07, 6.45) is 3.41. The SMILES string of the molecule is CN(CC1CCCCO1)c1c(N)ccc(Cl)c1F. The molecule has 0 aliphatic carbocycles. The van der Waals surface area contributed by atoms with Crippen LogP contribution in [0.3, 0.4) is 0 Å². The Morgan fingerprint density at radius 2 is 2.28 bits per heavy atom. The Kier molecular flexibility index (Phi) is 4.30. The highest BCUT2D eigenvalue weighted by Crippen LogP contribution is 2.31. The van der Waals surface area contributed by atoms with E-state index < -0.39 is 5.82 Å². The smallest absolute Gasteiger partial charge is 0.167 e. The number of halogens is 2. The summed E-state index contributed by atoms with van der Waals surface area (Å²) in [5.74, 6) is -0.463. The molecule has 1 fully saturated rings. The highest BCUT2D eigenvalue weighted by molar-refractivity contribution is 6.31. The van der Waals surface area contributed by atoms with E-state index in [1.54, 1.807) is 11.0 Å². The second-order valence-corrected chi connectivity index (χ2v) is 5.08. The number of likely N-dealkylation sites (N-methyl/N-ethyl adjacent to an activating group) is 1. The predicted molar refractivity (Wildman–Crippen MR) is 72.7 cm³/mol. The maximum atomic E-state index is 14.0. The van der Waals surface area contributed by atoms with Crippen molar-refractivity contribution in [2.24, 2.45) is 0 Å². The van der Waals surface area contributed by atoms with Gasteiger partial charge in [0.25, 0.3) is 0 Å². The summed E-state index contributed by atoms with van der Waals surface area (Å²) in [4.78, 5) is 1.78. The van der Waals surface area contributed by atoms with Crippen molar-refractivity contribution in [2.75, 3.05) is 30.8 Å². The molecule has 0 radical (unpaired) electrons. The van der Waals surface area contributed by atoms with Crippen molar-refractivity contribution in [3.05, 3.63) is 23.0 Å². The summed E-state index contributed by atoms with van der Waals surface area (Å²) in [7, 11) is 1.81. The maximum absolute atomic E-state index is 14.0. The van der Waals surface area contributed by atoms with Crippen LogP contribution in [0.4, 0.5) is 15.8 Å². The number of hydrogen-bond acceptors (Lipinski definition) is 3. The van der Waals surface area contributed by atoms with Crippen LogP contribution >= 0.6 is 11.6 Å². The number of hydrogen-bond donors (Lipinski definition) is 1. The van der Waals surface area contributed by atoms with Crippen LogP contribution in [0.25, 0.3) is 0 Å². The second-order valence-electron chi connectivity index (χ2n) is 4.67. The molecule has 100 valence electrons. The van der Waals surface area contributed by atoms with Crippen molar-refractivity contribution in [1.29, 1.82) is 0 Å².